The highest BCUT2D eigenvalue weighted by Gasteiger charge is 2.25. The first-order valence-corrected chi connectivity index (χ1v) is 6.77. The minimum absolute atomic E-state index is 0.156. The number of rotatable bonds is 6. The molecule has 1 aromatic heterocycles. The third-order valence-corrected chi connectivity index (χ3v) is 2.95. The van der Waals surface area contributed by atoms with Gasteiger partial charge in [0.2, 0.25) is 0 Å². The molecule has 1 aliphatic rings. The van der Waals surface area contributed by atoms with Crippen molar-refractivity contribution in [1.82, 2.24) is 20.5 Å². The maximum absolute atomic E-state index is 11.8. The Morgan fingerprint density at radius 3 is 2.73 bits per heavy atom. The summed E-state index contributed by atoms with van der Waals surface area (Å²) >= 11 is 0. The largest absolute Gasteiger partial charge is 0.384 e. The second kappa shape index (κ2) is 6.81. The number of carbonyl (C=O) groups is 1. The fourth-order valence-electron chi connectivity index (χ4n) is 1.83. The van der Waals surface area contributed by atoms with Gasteiger partial charge >= 0.3 is 0 Å². The number of hydrogen-bond acceptors (Lipinski definition) is 6. The van der Waals surface area contributed by atoms with E-state index in [9.17, 15) is 4.79 Å². The van der Waals surface area contributed by atoms with Crippen molar-refractivity contribution < 1.29 is 4.79 Å². The average Bonchev–Trinajstić information content (AvgIpc) is 2.42. The molecule has 0 aromatic carbocycles. The van der Waals surface area contributed by atoms with Crippen LogP contribution in [-0.2, 0) is 4.79 Å². The van der Waals surface area contributed by atoms with Crippen molar-refractivity contribution in [2.75, 3.05) is 27.2 Å². The van der Waals surface area contributed by atoms with E-state index < -0.39 is 0 Å². The summed E-state index contributed by atoms with van der Waals surface area (Å²) in [6.45, 7) is 1.28. The molecule has 2 rings (SSSR count). The zero-order chi connectivity index (χ0) is 16.1. The van der Waals surface area contributed by atoms with Gasteiger partial charge in [0.25, 0.3) is 5.91 Å². The number of nitrogens with zero attached hydrogens (tertiary/aromatic N) is 3. The van der Waals surface area contributed by atoms with Crippen molar-refractivity contribution in [3.8, 4) is 0 Å². The summed E-state index contributed by atoms with van der Waals surface area (Å²) in [5.41, 5.74) is 6.50. The number of aliphatic imine (C=N–C) groups is 1. The lowest BCUT2D eigenvalue weighted by Crippen LogP contribution is -2.47. The average molecular weight is 301 g/mol. The number of hydrogen-bond donors (Lipinski definition) is 4. The molecule has 0 unspecified atom stereocenters. The van der Waals surface area contributed by atoms with Crippen LogP contribution >= 0.6 is 0 Å². The Kier molecular flexibility index (Phi) is 4.84. The van der Waals surface area contributed by atoms with Gasteiger partial charge in [-0.05, 0) is 26.2 Å². The van der Waals surface area contributed by atoms with Crippen molar-refractivity contribution in [2.24, 2.45) is 10.7 Å². The van der Waals surface area contributed by atoms with E-state index in [1.165, 1.54) is 0 Å². The van der Waals surface area contributed by atoms with Crippen molar-refractivity contribution >= 4 is 23.2 Å². The van der Waals surface area contributed by atoms with E-state index in [2.05, 4.69) is 20.6 Å². The Morgan fingerprint density at radius 2 is 2.18 bits per heavy atom. The molecule has 1 amide bonds. The van der Waals surface area contributed by atoms with Gasteiger partial charge in [-0.3, -0.25) is 15.2 Å². The zero-order valence-electron chi connectivity index (χ0n) is 12.6. The molecule has 0 aliphatic carbocycles. The Hall–Kier alpha value is -2.74. The standard InChI is InChI=1S/C14H19N7O/c1-21(2)8-7-18-14(22)13-19-12(20-13)10(11(15)16)9-5-3-4-6-17-9/h3-6H,7-8H2,1-2H3,(H3,15,16)(H,18,22)(H,19,20). The summed E-state index contributed by atoms with van der Waals surface area (Å²) in [4.78, 5) is 22.1. The molecule has 116 valence electrons. The van der Waals surface area contributed by atoms with Crippen LogP contribution in [0.3, 0.4) is 0 Å². The number of amides is 1. The Bertz CT molecular complexity index is 634. The summed E-state index contributed by atoms with van der Waals surface area (Å²) in [5, 5.41) is 13.2. The van der Waals surface area contributed by atoms with Crippen LogP contribution in [0.5, 0.6) is 0 Å². The quantitative estimate of drug-likeness (QED) is 0.412. The van der Waals surface area contributed by atoms with Gasteiger partial charge in [-0.15, -0.1) is 0 Å². The number of aromatic nitrogens is 1. The molecular weight excluding hydrogens is 282 g/mol. The maximum Gasteiger partial charge on any atom is 0.287 e. The molecule has 0 bridgehead atoms. The van der Waals surface area contributed by atoms with Crippen molar-refractivity contribution in [2.45, 2.75) is 0 Å². The van der Waals surface area contributed by atoms with Crippen LogP contribution in [0.1, 0.15) is 5.69 Å². The summed E-state index contributed by atoms with van der Waals surface area (Å²) < 4.78 is 0. The van der Waals surface area contributed by atoms with Crippen LogP contribution in [0, 0.1) is 5.41 Å². The molecule has 8 heteroatoms. The van der Waals surface area contributed by atoms with Gasteiger partial charge in [-0.2, -0.15) is 0 Å². The first-order valence-electron chi connectivity index (χ1n) is 6.77. The van der Waals surface area contributed by atoms with Crippen molar-refractivity contribution in [3.05, 3.63) is 35.9 Å². The van der Waals surface area contributed by atoms with E-state index >= 15 is 0 Å². The molecular formula is C14H19N7O. The maximum atomic E-state index is 11.8. The Morgan fingerprint density at radius 1 is 1.45 bits per heavy atom. The second-order valence-electron chi connectivity index (χ2n) is 5.00. The summed E-state index contributed by atoms with van der Waals surface area (Å²) in [7, 11) is 3.86. The Balaban J connectivity index is 2.09. The lowest BCUT2D eigenvalue weighted by Gasteiger charge is -2.22. The van der Waals surface area contributed by atoms with E-state index in [1.54, 1.807) is 24.4 Å². The van der Waals surface area contributed by atoms with Gasteiger partial charge in [-0.25, -0.2) is 4.99 Å². The number of carbonyl (C=O) groups excluding carboxylic acids is 1. The SMILES string of the molecule is CN(C)CCNC(=O)C1=N/C(=C(\C(=N)N)c2ccccn2)N1. The van der Waals surface area contributed by atoms with Gasteiger partial charge in [0.05, 0.1) is 11.3 Å². The number of likely N-dealkylation sites (N-methyl/N-ethyl adjacent to an activating group) is 1. The second-order valence-corrected chi connectivity index (χ2v) is 5.00. The van der Waals surface area contributed by atoms with Gasteiger partial charge in [0.1, 0.15) is 11.7 Å². The number of amidine groups is 2. The third-order valence-electron chi connectivity index (χ3n) is 2.95. The molecule has 22 heavy (non-hydrogen) atoms. The van der Waals surface area contributed by atoms with Crippen molar-refractivity contribution in [1.29, 1.82) is 5.41 Å². The topological polar surface area (TPSA) is 119 Å². The fourth-order valence-corrected chi connectivity index (χ4v) is 1.83. The number of pyridine rings is 1. The zero-order valence-corrected chi connectivity index (χ0v) is 12.6. The highest BCUT2D eigenvalue weighted by atomic mass is 16.2. The monoisotopic (exact) mass is 301 g/mol. The molecule has 0 radical (unpaired) electrons. The Labute approximate surface area is 128 Å². The van der Waals surface area contributed by atoms with E-state index in [1.807, 2.05) is 19.0 Å². The number of nitrogens with two attached hydrogens (primary N) is 1. The molecule has 0 fully saturated rings. The van der Waals surface area contributed by atoms with Crippen LogP contribution in [0.4, 0.5) is 0 Å². The smallest absolute Gasteiger partial charge is 0.287 e. The van der Waals surface area contributed by atoms with Crippen LogP contribution < -0.4 is 16.4 Å². The first-order chi connectivity index (χ1) is 10.5. The lowest BCUT2D eigenvalue weighted by molar-refractivity contribution is -0.115. The third kappa shape index (κ3) is 3.67. The highest BCUT2D eigenvalue weighted by molar-refractivity contribution is 6.41. The van der Waals surface area contributed by atoms with Crippen LogP contribution in [-0.4, -0.2) is 54.6 Å². The molecule has 5 N–H and O–H groups in total. The number of nitrogens with one attached hydrogen (secondary N) is 3. The minimum atomic E-state index is -0.283. The fraction of sp³-hybridized carbons (Fsp3) is 0.286. The minimum Gasteiger partial charge on any atom is -0.384 e. The molecule has 8 nitrogen and oxygen atoms in total. The predicted octanol–water partition coefficient (Wildman–Crippen LogP) is -0.634. The summed E-state index contributed by atoms with van der Waals surface area (Å²) in [6.07, 6.45) is 1.61. The van der Waals surface area contributed by atoms with Crippen LogP contribution in [0.25, 0.3) is 5.57 Å². The van der Waals surface area contributed by atoms with Gasteiger partial charge in [0.15, 0.2) is 5.84 Å². The van der Waals surface area contributed by atoms with E-state index in [0.717, 1.165) is 6.54 Å². The molecule has 1 aromatic rings. The first kappa shape index (κ1) is 15.6. The van der Waals surface area contributed by atoms with Crippen molar-refractivity contribution in [3.63, 3.8) is 0 Å². The van der Waals surface area contributed by atoms with Gasteiger partial charge in [-0.1, -0.05) is 6.07 Å². The van der Waals surface area contributed by atoms with E-state index in [-0.39, 0.29) is 17.6 Å². The van der Waals surface area contributed by atoms with E-state index in [4.69, 9.17) is 11.1 Å². The molecule has 0 atom stereocenters. The molecule has 0 saturated carbocycles. The molecule has 0 spiro atoms. The van der Waals surface area contributed by atoms with Gasteiger partial charge < -0.3 is 21.3 Å². The normalized spacial score (nSPS) is 15.5. The lowest BCUT2D eigenvalue weighted by atomic mass is 10.1. The predicted molar refractivity (Wildman–Crippen MR) is 85.2 cm³/mol. The molecule has 0 saturated heterocycles. The molecule has 2 heterocycles. The molecule has 1 aliphatic heterocycles. The van der Waals surface area contributed by atoms with Gasteiger partial charge in [0, 0.05) is 19.3 Å². The van der Waals surface area contributed by atoms with Crippen LogP contribution in [0.15, 0.2) is 35.2 Å². The summed E-state index contributed by atoms with van der Waals surface area (Å²) in [6, 6.07) is 5.30. The highest BCUT2D eigenvalue weighted by Crippen LogP contribution is 2.19. The van der Waals surface area contributed by atoms with Crippen LogP contribution in [0.2, 0.25) is 0 Å². The summed E-state index contributed by atoms with van der Waals surface area (Å²) in [5.74, 6) is 0.152. The van der Waals surface area contributed by atoms with E-state index in [0.29, 0.717) is 23.6 Å².